The summed E-state index contributed by atoms with van der Waals surface area (Å²) in [5.41, 5.74) is 7.50. The molecule has 2 atom stereocenters. The van der Waals surface area contributed by atoms with Gasteiger partial charge in [-0.3, -0.25) is 0 Å². The molecule has 190 valence electrons. The molecule has 0 radical (unpaired) electrons. The maximum absolute atomic E-state index is 14.8. The first kappa shape index (κ1) is 23.2. The molecule has 2 aliphatic rings. The van der Waals surface area contributed by atoms with Gasteiger partial charge in [0.15, 0.2) is 5.82 Å². The number of benzene rings is 1. The smallest absolute Gasteiger partial charge is 0.248 e. The summed E-state index contributed by atoms with van der Waals surface area (Å²) >= 11 is 0. The van der Waals surface area contributed by atoms with Gasteiger partial charge in [-0.1, -0.05) is 0 Å². The fraction of sp³-hybridized carbons (Fsp3) is 0.320. The molecule has 37 heavy (non-hydrogen) atoms. The molecule has 12 heteroatoms. The molecule has 9 nitrogen and oxygen atoms in total. The first-order chi connectivity index (χ1) is 17.7. The fourth-order valence-corrected chi connectivity index (χ4v) is 5.21. The third-order valence-corrected chi connectivity index (χ3v) is 6.97. The number of fused-ring (bicyclic) bond motifs is 1. The largest absolute Gasteiger partial charge is 0.368 e. The minimum atomic E-state index is -2.53. The number of halogens is 3. The molecule has 1 saturated heterocycles. The van der Waals surface area contributed by atoms with E-state index in [1.807, 2.05) is 12.1 Å². The predicted octanol–water partition coefficient (Wildman–Crippen LogP) is 4.28. The van der Waals surface area contributed by atoms with Crippen LogP contribution in [0.25, 0.3) is 22.6 Å². The Morgan fingerprint density at radius 3 is 2.49 bits per heavy atom. The van der Waals surface area contributed by atoms with Gasteiger partial charge in [-0.05, 0) is 48.2 Å². The zero-order valence-electron chi connectivity index (χ0n) is 19.9. The van der Waals surface area contributed by atoms with Crippen LogP contribution in [-0.4, -0.2) is 48.7 Å². The van der Waals surface area contributed by atoms with Crippen LogP contribution < -0.4 is 16.0 Å². The Hall–Kier alpha value is -4.22. The van der Waals surface area contributed by atoms with Crippen molar-refractivity contribution in [3.8, 4) is 22.6 Å². The zero-order valence-corrected chi connectivity index (χ0v) is 19.9. The van der Waals surface area contributed by atoms with Gasteiger partial charge in [-0.15, -0.1) is 5.10 Å². The van der Waals surface area contributed by atoms with E-state index in [1.54, 1.807) is 36.1 Å². The first-order valence-electron chi connectivity index (χ1n) is 11.9. The molecular formula is C25H24F3N9. The highest BCUT2D eigenvalue weighted by atomic mass is 19.3. The number of aromatic nitrogens is 6. The van der Waals surface area contributed by atoms with Crippen LogP contribution >= 0.6 is 0 Å². The number of alkyl halides is 2. The standard InChI is InChI=1S/C25H24F3N9/c1-36-24(32-17-3-4-18(19(26)8-17)20-6-7-30-23(29)33-20)34-22(35-36)14-2-5-21(31-11-14)37-12-15-9-25(27,28)10-16(15)13-37/h2-8,11,15-16H,9-10,12-13H2,1H3,(H2,29,30,33)(H,32,34,35). The third kappa shape index (κ3) is 4.54. The van der Waals surface area contributed by atoms with Crippen molar-refractivity contribution in [2.75, 3.05) is 29.0 Å². The lowest BCUT2D eigenvalue weighted by molar-refractivity contribution is 0.00172. The topological polar surface area (TPSA) is 111 Å². The maximum Gasteiger partial charge on any atom is 0.248 e. The number of nitrogens with zero attached hydrogens (tertiary/aromatic N) is 7. The van der Waals surface area contributed by atoms with Crippen molar-refractivity contribution in [3.05, 3.63) is 54.6 Å². The summed E-state index contributed by atoms with van der Waals surface area (Å²) in [5, 5.41) is 7.53. The normalized spacial score (nSPS) is 20.3. The highest BCUT2D eigenvalue weighted by Crippen LogP contribution is 2.47. The van der Waals surface area contributed by atoms with E-state index < -0.39 is 11.7 Å². The second kappa shape index (κ2) is 8.71. The second-order valence-corrected chi connectivity index (χ2v) is 9.60. The third-order valence-electron chi connectivity index (χ3n) is 6.97. The van der Waals surface area contributed by atoms with E-state index in [2.05, 4.69) is 35.3 Å². The van der Waals surface area contributed by atoms with E-state index in [0.717, 1.165) is 5.82 Å². The van der Waals surface area contributed by atoms with E-state index in [9.17, 15) is 13.2 Å². The molecule has 3 aromatic heterocycles. The molecule has 6 rings (SSSR count). The van der Waals surface area contributed by atoms with Gasteiger partial charge in [-0.2, -0.15) is 4.98 Å². The van der Waals surface area contributed by atoms with E-state index in [1.165, 1.54) is 12.3 Å². The Morgan fingerprint density at radius 2 is 1.81 bits per heavy atom. The number of anilines is 4. The Morgan fingerprint density at radius 1 is 1.03 bits per heavy atom. The number of aryl methyl sites for hydroxylation is 1. The number of rotatable bonds is 5. The number of nitrogens with two attached hydrogens (primary N) is 1. The highest BCUT2D eigenvalue weighted by Gasteiger charge is 2.50. The van der Waals surface area contributed by atoms with E-state index >= 15 is 0 Å². The van der Waals surface area contributed by atoms with Crippen molar-refractivity contribution in [1.82, 2.24) is 29.7 Å². The van der Waals surface area contributed by atoms with Crippen LogP contribution in [0.15, 0.2) is 48.8 Å². The molecule has 4 heterocycles. The molecular weight excluding hydrogens is 483 g/mol. The molecule has 1 aliphatic heterocycles. The van der Waals surface area contributed by atoms with Gasteiger partial charge >= 0.3 is 0 Å². The van der Waals surface area contributed by atoms with Gasteiger partial charge in [0.1, 0.15) is 11.6 Å². The lowest BCUT2D eigenvalue weighted by Crippen LogP contribution is -2.24. The van der Waals surface area contributed by atoms with Crippen LogP contribution in [0.4, 0.5) is 36.6 Å². The van der Waals surface area contributed by atoms with Crippen LogP contribution in [0.3, 0.4) is 0 Å². The Kier molecular flexibility index (Phi) is 5.46. The number of hydrogen-bond donors (Lipinski definition) is 2. The number of pyridine rings is 1. The highest BCUT2D eigenvalue weighted by molar-refractivity contribution is 5.66. The minimum Gasteiger partial charge on any atom is -0.368 e. The molecule has 2 fully saturated rings. The van der Waals surface area contributed by atoms with Crippen molar-refractivity contribution in [2.45, 2.75) is 18.8 Å². The van der Waals surface area contributed by atoms with E-state index in [0.29, 0.717) is 47.4 Å². The molecule has 3 N–H and O–H groups in total. The van der Waals surface area contributed by atoms with Gasteiger partial charge < -0.3 is 16.0 Å². The summed E-state index contributed by atoms with van der Waals surface area (Å²) in [7, 11) is 1.73. The van der Waals surface area contributed by atoms with Crippen LogP contribution in [-0.2, 0) is 7.05 Å². The van der Waals surface area contributed by atoms with Crippen LogP contribution in [0.5, 0.6) is 0 Å². The molecule has 1 aromatic carbocycles. The summed E-state index contributed by atoms with van der Waals surface area (Å²) in [6.45, 7) is 1.20. The van der Waals surface area contributed by atoms with Gasteiger partial charge in [0, 0.05) is 62.2 Å². The van der Waals surface area contributed by atoms with E-state index in [-0.39, 0.29) is 30.6 Å². The summed E-state index contributed by atoms with van der Waals surface area (Å²) in [6, 6.07) is 9.98. The Balaban J connectivity index is 1.15. The molecule has 0 spiro atoms. The van der Waals surface area contributed by atoms with Crippen molar-refractivity contribution in [3.63, 3.8) is 0 Å². The van der Waals surface area contributed by atoms with Crippen LogP contribution in [0.2, 0.25) is 0 Å². The lowest BCUT2D eigenvalue weighted by Gasteiger charge is -2.20. The van der Waals surface area contributed by atoms with Crippen LogP contribution in [0.1, 0.15) is 12.8 Å². The van der Waals surface area contributed by atoms with Crippen molar-refractivity contribution in [2.24, 2.45) is 18.9 Å². The predicted molar refractivity (Wildman–Crippen MR) is 133 cm³/mol. The number of nitrogen functional groups attached to an aromatic ring is 1. The van der Waals surface area contributed by atoms with Crippen LogP contribution in [0, 0.1) is 17.7 Å². The zero-order chi connectivity index (χ0) is 25.7. The number of nitrogens with one attached hydrogen (secondary N) is 1. The fourth-order valence-electron chi connectivity index (χ4n) is 5.21. The van der Waals surface area contributed by atoms with Gasteiger partial charge in [0.2, 0.25) is 17.8 Å². The van der Waals surface area contributed by atoms with Gasteiger partial charge in [-0.25, -0.2) is 32.8 Å². The van der Waals surface area contributed by atoms with Gasteiger partial charge in [0.05, 0.1) is 5.69 Å². The molecule has 4 aromatic rings. The van der Waals surface area contributed by atoms with Crippen molar-refractivity contribution in [1.29, 1.82) is 0 Å². The molecule has 0 bridgehead atoms. The molecule has 1 aliphatic carbocycles. The van der Waals surface area contributed by atoms with Crippen molar-refractivity contribution >= 4 is 23.4 Å². The minimum absolute atomic E-state index is 0.0144. The first-order valence-corrected chi connectivity index (χ1v) is 11.9. The van der Waals surface area contributed by atoms with E-state index in [4.69, 9.17) is 5.73 Å². The molecule has 2 unspecified atom stereocenters. The van der Waals surface area contributed by atoms with Crippen molar-refractivity contribution < 1.29 is 13.2 Å². The van der Waals surface area contributed by atoms with Gasteiger partial charge in [0.25, 0.3) is 0 Å². The Labute approximate surface area is 210 Å². The quantitative estimate of drug-likeness (QED) is 0.412. The summed E-state index contributed by atoms with van der Waals surface area (Å²) in [5.74, 6) is -1.27. The SMILES string of the molecule is Cn1nc(-c2ccc(N3CC4CC(F)(F)CC4C3)nc2)nc1Nc1ccc(-c2ccnc(N)n2)c(F)c1. The summed E-state index contributed by atoms with van der Waals surface area (Å²) in [6.07, 6.45) is 3.08. The molecule has 1 saturated carbocycles. The number of hydrogen-bond acceptors (Lipinski definition) is 8. The summed E-state index contributed by atoms with van der Waals surface area (Å²) < 4.78 is 43.6. The summed E-state index contributed by atoms with van der Waals surface area (Å²) in [4.78, 5) is 19.0. The Bertz CT molecular complexity index is 1440. The average Bonchev–Trinajstić information content (AvgIpc) is 3.49. The molecule has 0 amide bonds. The maximum atomic E-state index is 14.8. The average molecular weight is 508 g/mol. The second-order valence-electron chi connectivity index (χ2n) is 9.60. The lowest BCUT2D eigenvalue weighted by atomic mass is 10.0. The monoisotopic (exact) mass is 507 g/mol.